The molecule has 1 aliphatic rings. The largest absolute Gasteiger partial charge is 0.478 e. The van der Waals surface area contributed by atoms with E-state index in [2.05, 4.69) is 9.64 Å². The summed E-state index contributed by atoms with van der Waals surface area (Å²) < 4.78 is 35.0. The van der Waals surface area contributed by atoms with Crippen LogP contribution in [0.1, 0.15) is 27.6 Å². The van der Waals surface area contributed by atoms with E-state index in [1.54, 1.807) is 30.3 Å². The van der Waals surface area contributed by atoms with Crippen LogP contribution in [0, 0.1) is 0 Å². The number of nitrogens with zero attached hydrogens (tertiary/aromatic N) is 1. The fourth-order valence-corrected chi connectivity index (χ4v) is 3.00. The van der Waals surface area contributed by atoms with E-state index in [0.717, 1.165) is 11.1 Å². The van der Waals surface area contributed by atoms with Crippen molar-refractivity contribution in [2.24, 2.45) is 0 Å². The fourth-order valence-electron chi connectivity index (χ4n) is 3.00. The Labute approximate surface area is 149 Å². The smallest absolute Gasteiger partial charge is 0.387 e. The first-order valence-corrected chi connectivity index (χ1v) is 8.22. The molecule has 3 rings (SSSR count). The van der Waals surface area contributed by atoms with Gasteiger partial charge in [-0.3, -0.25) is 4.90 Å². The maximum Gasteiger partial charge on any atom is 0.387 e. The molecule has 0 bridgehead atoms. The van der Waals surface area contributed by atoms with Gasteiger partial charge in [-0.1, -0.05) is 24.3 Å². The molecule has 0 aliphatic carbocycles. The van der Waals surface area contributed by atoms with E-state index in [0.29, 0.717) is 26.2 Å². The summed E-state index contributed by atoms with van der Waals surface area (Å²) in [4.78, 5) is 13.2. The summed E-state index contributed by atoms with van der Waals surface area (Å²) in [6.07, 6.45) is -0.257. The number of carbonyl (C=O) groups is 1. The predicted molar refractivity (Wildman–Crippen MR) is 90.4 cm³/mol. The van der Waals surface area contributed by atoms with Crippen LogP contribution in [0.4, 0.5) is 8.78 Å². The minimum absolute atomic E-state index is 0.104. The van der Waals surface area contributed by atoms with Crippen LogP contribution in [0.15, 0.2) is 48.5 Å². The van der Waals surface area contributed by atoms with Crippen LogP contribution in [0.25, 0.3) is 0 Å². The average Bonchev–Trinajstić information content (AvgIpc) is 2.62. The number of benzene rings is 2. The molecule has 1 heterocycles. The molecule has 138 valence electrons. The van der Waals surface area contributed by atoms with Crippen LogP contribution in [-0.2, 0) is 11.3 Å². The zero-order chi connectivity index (χ0) is 18.5. The van der Waals surface area contributed by atoms with Crippen LogP contribution < -0.4 is 4.74 Å². The lowest BCUT2D eigenvalue weighted by atomic mass is 10.1. The third-order valence-electron chi connectivity index (χ3n) is 4.19. The number of morpholine rings is 1. The molecule has 7 heteroatoms. The SMILES string of the molecule is O=C(O)c1cccc(CN2CCOC(c3cccc(OC(F)F)c3)C2)c1. The van der Waals surface area contributed by atoms with Crippen molar-refractivity contribution in [3.05, 3.63) is 65.2 Å². The van der Waals surface area contributed by atoms with Crippen molar-refractivity contribution in [1.82, 2.24) is 4.90 Å². The summed E-state index contributed by atoms with van der Waals surface area (Å²) in [6, 6.07) is 13.3. The van der Waals surface area contributed by atoms with E-state index in [-0.39, 0.29) is 17.4 Å². The summed E-state index contributed by atoms with van der Waals surface area (Å²) >= 11 is 0. The first-order valence-electron chi connectivity index (χ1n) is 8.22. The van der Waals surface area contributed by atoms with Crippen molar-refractivity contribution in [2.75, 3.05) is 19.7 Å². The number of alkyl halides is 2. The Morgan fingerprint density at radius 3 is 2.85 bits per heavy atom. The van der Waals surface area contributed by atoms with Crippen molar-refractivity contribution in [3.63, 3.8) is 0 Å². The Morgan fingerprint density at radius 2 is 2.08 bits per heavy atom. The van der Waals surface area contributed by atoms with Crippen molar-refractivity contribution in [2.45, 2.75) is 19.3 Å². The highest BCUT2D eigenvalue weighted by atomic mass is 19.3. The number of ether oxygens (including phenoxy) is 2. The van der Waals surface area contributed by atoms with E-state index in [1.165, 1.54) is 6.07 Å². The third-order valence-corrected chi connectivity index (χ3v) is 4.19. The van der Waals surface area contributed by atoms with E-state index >= 15 is 0 Å². The van der Waals surface area contributed by atoms with Gasteiger partial charge in [0.05, 0.1) is 18.3 Å². The standard InChI is InChI=1S/C19H19F2NO4/c20-19(21)26-16-6-2-4-14(10-16)17-12-22(7-8-25-17)11-13-3-1-5-15(9-13)18(23)24/h1-6,9-10,17,19H,7-8,11-12H2,(H,23,24). The van der Waals surface area contributed by atoms with E-state index < -0.39 is 12.6 Å². The second-order valence-electron chi connectivity index (χ2n) is 6.05. The number of hydrogen-bond donors (Lipinski definition) is 1. The lowest BCUT2D eigenvalue weighted by Gasteiger charge is -2.33. The highest BCUT2D eigenvalue weighted by Gasteiger charge is 2.23. The molecule has 0 aromatic heterocycles. The molecule has 1 fully saturated rings. The highest BCUT2D eigenvalue weighted by Crippen LogP contribution is 2.27. The minimum atomic E-state index is -2.87. The molecule has 0 spiro atoms. The van der Waals surface area contributed by atoms with Crippen molar-refractivity contribution in [1.29, 1.82) is 0 Å². The number of hydrogen-bond acceptors (Lipinski definition) is 4. The van der Waals surface area contributed by atoms with Crippen molar-refractivity contribution >= 4 is 5.97 Å². The lowest BCUT2D eigenvalue weighted by molar-refractivity contribution is -0.0509. The number of carboxylic acid groups (broad SMARTS) is 1. The van der Waals surface area contributed by atoms with E-state index in [9.17, 15) is 13.6 Å². The molecule has 1 unspecified atom stereocenters. The maximum absolute atomic E-state index is 12.4. The minimum Gasteiger partial charge on any atom is -0.478 e. The van der Waals surface area contributed by atoms with E-state index in [4.69, 9.17) is 9.84 Å². The first kappa shape index (κ1) is 18.3. The monoisotopic (exact) mass is 363 g/mol. The molecule has 0 saturated carbocycles. The number of aromatic carboxylic acids is 1. The summed E-state index contributed by atoms with van der Waals surface area (Å²) in [6.45, 7) is -0.482. The Balaban J connectivity index is 1.68. The molecule has 2 aromatic rings. The topological polar surface area (TPSA) is 59.0 Å². The fraction of sp³-hybridized carbons (Fsp3) is 0.316. The van der Waals surface area contributed by atoms with Gasteiger partial charge in [-0.15, -0.1) is 0 Å². The van der Waals surface area contributed by atoms with Gasteiger partial charge >= 0.3 is 12.6 Å². The average molecular weight is 363 g/mol. The molecular weight excluding hydrogens is 344 g/mol. The van der Waals surface area contributed by atoms with Gasteiger partial charge in [0.15, 0.2) is 0 Å². The van der Waals surface area contributed by atoms with Crippen molar-refractivity contribution < 1.29 is 28.2 Å². The van der Waals surface area contributed by atoms with Gasteiger partial charge in [-0.25, -0.2) is 4.79 Å². The molecular formula is C19H19F2NO4. The van der Waals surface area contributed by atoms with Crippen molar-refractivity contribution in [3.8, 4) is 5.75 Å². The first-order chi connectivity index (χ1) is 12.5. The summed E-state index contributed by atoms with van der Waals surface area (Å²) in [7, 11) is 0. The van der Waals surface area contributed by atoms with Crippen LogP contribution in [0.3, 0.4) is 0 Å². The zero-order valence-electron chi connectivity index (χ0n) is 14.0. The Hall–Kier alpha value is -2.51. The van der Waals surface area contributed by atoms with Gasteiger partial charge in [-0.05, 0) is 35.4 Å². The molecule has 26 heavy (non-hydrogen) atoms. The Kier molecular flexibility index (Phi) is 5.80. The van der Waals surface area contributed by atoms with Crippen LogP contribution >= 0.6 is 0 Å². The summed E-state index contributed by atoms with van der Waals surface area (Å²) in [5, 5.41) is 9.10. The van der Waals surface area contributed by atoms with Gasteiger partial charge in [0.2, 0.25) is 0 Å². The highest BCUT2D eigenvalue weighted by molar-refractivity contribution is 5.87. The molecule has 1 atom stereocenters. The van der Waals surface area contributed by atoms with E-state index in [1.807, 2.05) is 12.1 Å². The third kappa shape index (κ3) is 4.77. The molecule has 5 nitrogen and oxygen atoms in total. The zero-order valence-corrected chi connectivity index (χ0v) is 14.0. The summed E-state index contributed by atoms with van der Waals surface area (Å²) in [5.41, 5.74) is 1.93. The molecule has 1 N–H and O–H groups in total. The molecule has 2 aromatic carbocycles. The number of halogens is 2. The lowest BCUT2D eigenvalue weighted by Crippen LogP contribution is -2.37. The van der Waals surface area contributed by atoms with Gasteiger partial charge in [0.1, 0.15) is 5.75 Å². The van der Waals surface area contributed by atoms with Gasteiger partial charge in [0, 0.05) is 19.6 Å². The second-order valence-corrected chi connectivity index (χ2v) is 6.05. The Bertz CT molecular complexity index is 769. The van der Waals surface area contributed by atoms with Crippen LogP contribution in [0.2, 0.25) is 0 Å². The van der Waals surface area contributed by atoms with Crippen LogP contribution in [-0.4, -0.2) is 42.3 Å². The Morgan fingerprint density at radius 1 is 1.27 bits per heavy atom. The van der Waals surface area contributed by atoms with Gasteiger partial charge in [-0.2, -0.15) is 8.78 Å². The number of carboxylic acids is 1. The van der Waals surface area contributed by atoms with Crippen LogP contribution in [0.5, 0.6) is 5.75 Å². The number of rotatable bonds is 6. The maximum atomic E-state index is 12.4. The quantitative estimate of drug-likeness (QED) is 0.850. The molecule has 1 saturated heterocycles. The summed E-state index contributed by atoms with van der Waals surface area (Å²) in [5.74, 6) is -0.852. The molecule has 0 radical (unpaired) electrons. The van der Waals surface area contributed by atoms with Gasteiger partial charge < -0.3 is 14.6 Å². The van der Waals surface area contributed by atoms with Gasteiger partial charge in [0.25, 0.3) is 0 Å². The normalized spacial score (nSPS) is 18.0. The molecule has 0 amide bonds. The molecule has 1 aliphatic heterocycles. The predicted octanol–water partition coefficient (Wildman–Crippen LogP) is 3.56. The second kappa shape index (κ2) is 8.25.